The Kier molecular flexibility index (Phi) is 4.84. The van der Waals surface area contributed by atoms with E-state index in [0.29, 0.717) is 31.9 Å². The standard InChI is InChI=1S/C19H25N5O3/c1-12-18(13(2)22-21-12)9-23-6-14-7-24(8-16(23)11-27-10-14)19(26)15-3-17(25)5-20-4-15/h3-5,14,16,25H,6-11H2,1-2H3,(H,21,22)/t14-,16+/m1/s1. The SMILES string of the molecule is Cc1n[nH]c(C)c1CN1C[C@H]2COC[C@@H]1CN(C(=O)c1cncc(O)c1)C2. The van der Waals surface area contributed by atoms with Crippen molar-refractivity contribution >= 4 is 5.91 Å². The molecule has 0 aliphatic carbocycles. The Morgan fingerprint density at radius 2 is 2.15 bits per heavy atom. The van der Waals surface area contributed by atoms with Gasteiger partial charge >= 0.3 is 0 Å². The summed E-state index contributed by atoms with van der Waals surface area (Å²) in [4.78, 5) is 21.2. The summed E-state index contributed by atoms with van der Waals surface area (Å²) in [6, 6.07) is 1.60. The van der Waals surface area contributed by atoms with Crippen LogP contribution >= 0.6 is 0 Å². The lowest BCUT2D eigenvalue weighted by Gasteiger charge is -2.31. The van der Waals surface area contributed by atoms with E-state index in [-0.39, 0.29) is 23.6 Å². The molecule has 2 fully saturated rings. The van der Waals surface area contributed by atoms with Gasteiger partial charge in [0.2, 0.25) is 0 Å². The fourth-order valence-electron chi connectivity index (χ4n) is 4.03. The summed E-state index contributed by atoms with van der Waals surface area (Å²) in [6.45, 7) is 8.24. The van der Waals surface area contributed by atoms with E-state index < -0.39 is 0 Å². The van der Waals surface area contributed by atoms with Crippen molar-refractivity contribution in [2.75, 3.05) is 32.8 Å². The van der Waals surface area contributed by atoms with Gasteiger partial charge in [-0.05, 0) is 19.9 Å². The number of carbonyl (C=O) groups is 1. The number of hydrogen-bond donors (Lipinski definition) is 2. The van der Waals surface area contributed by atoms with Crippen LogP contribution in [0.5, 0.6) is 5.75 Å². The first-order valence-electron chi connectivity index (χ1n) is 9.26. The molecule has 0 aromatic carbocycles. The van der Waals surface area contributed by atoms with E-state index in [1.807, 2.05) is 18.7 Å². The quantitative estimate of drug-likeness (QED) is 0.839. The number of nitrogens with zero attached hydrogens (tertiary/aromatic N) is 4. The fraction of sp³-hybridized carbons (Fsp3) is 0.526. The maximum Gasteiger partial charge on any atom is 0.255 e. The van der Waals surface area contributed by atoms with Crippen LogP contribution in [-0.2, 0) is 11.3 Å². The second-order valence-corrected chi connectivity index (χ2v) is 7.54. The van der Waals surface area contributed by atoms with E-state index in [1.165, 1.54) is 24.0 Å². The maximum atomic E-state index is 13.0. The predicted molar refractivity (Wildman–Crippen MR) is 98.4 cm³/mol. The zero-order valence-electron chi connectivity index (χ0n) is 15.7. The molecule has 2 aromatic heterocycles. The lowest BCUT2D eigenvalue weighted by atomic mass is 10.1. The Morgan fingerprint density at radius 1 is 1.30 bits per heavy atom. The number of fused-ring (bicyclic) bond motifs is 3. The Balaban J connectivity index is 1.55. The molecule has 4 heterocycles. The second-order valence-electron chi connectivity index (χ2n) is 7.54. The van der Waals surface area contributed by atoms with Gasteiger partial charge in [-0.25, -0.2) is 0 Å². The molecule has 0 spiro atoms. The average molecular weight is 371 g/mol. The summed E-state index contributed by atoms with van der Waals surface area (Å²) in [7, 11) is 0. The number of aromatic hydroxyl groups is 1. The van der Waals surface area contributed by atoms with E-state index in [2.05, 4.69) is 20.1 Å². The molecule has 2 aliphatic heterocycles. The first kappa shape index (κ1) is 17.9. The van der Waals surface area contributed by atoms with Gasteiger partial charge in [-0.15, -0.1) is 0 Å². The van der Waals surface area contributed by atoms with Crippen molar-refractivity contribution in [1.29, 1.82) is 0 Å². The number of aromatic nitrogens is 3. The van der Waals surface area contributed by atoms with Gasteiger partial charge in [-0.2, -0.15) is 5.10 Å². The van der Waals surface area contributed by atoms with E-state index in [0.717, 1.165) is 24.5 Å². The van der Waals surface area contributed by atoms with Crippen LogP contribution in [0.15, 0.2) is 18.5 Å². The highest BCUT2D eigenvalue weighted by atomic mass is 16.5. The molecule has 2 aliphatic rings. The van der Waals surface area contributed by atoms with Gasteiger partial charge in [-0.1, -0.05) is 0 Å². The highest BCUT2D eigenvalue weighted by molar-refractivity contribution is 5.94. The number of H-pyrrole nitrogens is 1. The normalized spacial score (nSPS) is 23.3. The van der Waals surface area contributed by atoms with Gasteiger partial charge in [0.15, 0.2) is 0 Å². The molecule has 2 atom stereocenters. The summed E-state index contributed by atoms with van der Waals surface area (Å²) in [6.07, 6.45) is 2.84. The molecule has 8 heteroatoms. The van der Waals surface area contributed by atoms with Crippen molar-refractivity contribution in [3.63, 3.8) is 0 Å². The zero-order valence-corrected chi connectivity index (χ0v) is 15.7. The van der Waals surface area contributed by atoms with Crippen LogP contribution in [0.4, 0.5) is 0 Å². The number of aryl methyl sites for hydroxylation is 2. The van der Waals surface area contributed by atoms with Crippen LogP contribution in [-0.4, -0.2) is 74.9 Å². The molecular formula is C19H25N5O3. The van der Waals surface area contributed by atoms with Crippen molar-refractivity contribution in [2.45, 2.75) is 26.4 Å². The van der Waals surface area contributed by atoms with Gasteiger partial charge in [0.1, 0.15) is 5.75 Å². The molecular weight excluding hydrogens is 346 g/mol. The number of hydrogen-bond acceptors (Lipinski definition) is 6. The minimum absolute atomic E-state index is 0.00624. The third-order valence-electron chi connectivity index (χ3n) is 5.48. The van der Waals surface area contributed by atoms with Crippen LogP contribution in [0.2, 0.25) is 0 Å². The van der Waals surface area contributed by atoms with Crippen molar-refractivity contribution in [3.8, 4) is 5.75 Å². The number of carbonyl (C=O) groups excluding carboxylic acids is 1. The maximum absolute atomic E-state index is 13.0. The number of ether oxygens (including phenoxy) is 1. The molecule has 0 unspecified atom stereocenters. The molecule has 2 saturated heterocycles. The van der Waals surface area contributed by atoms with E-state index >= 15 is 0 Å². The highest BCUT2D eigenvalue weighted by Gasteiger charge is 2.36. The Labute approximate surface area is 158 Å². The van der Waals surface area contributed by atoms with Crippen molar-refractivity contribution in [3.05, 3.63) is 41.0 Å². The van der Waals surface area contributed by atoms with Crippen LogP contribution in [0, 0.1) is 19.8 Å². The van der Waals surface area contributed by atoms with Crippen molar-refractivity contribution in [2.24, 2.45) is 5.92 Å². The van der Waals surface area contributed by atoms with Gasteiger partial charge < -0.3 is 14.7 Å². The minimum atomic E-state index is -0.0900. The lowest BCUT2D eigenvalue weighted by Crippen LogP contribution is -2.45. The topological polar surface area (TPSA) is 94.6 Å². The summed E-state index contributed by atoms with van der Waals surface area (Å²) in [5.74, 6) is 0.166. The zero-order chi connectivity index (χ0) is 19.0. The predicted octanol–water partition coefficient (Wildman–Crippen LogP) is 1.10. The van der Waals surface area contributed by atoms with E-state index in [9.17, 15) is 9.90 Å². The molecule has 2 aromatic rings. The molecule has 4 rings (SSSR count). The monoisotopic (exact) mass is 371 g/mol. The molecule has 27 heavy (non-hydrogen) atoms. The molecule has 2 N–H and O–H groups in total. The molecule has 144 valence electrons. The summed E-state index contributed by atoms with van der Waals surface area (Å²) < 4.78 is 5.87. The summed E-state index contributed by atoms with van der Waals surface area (Å²) in [5.41, 5.74) is 3.75. The average Bonchev–Trinajstić information content (AvgIpc) is 2.79. The Bertz CT molecular complexity index is 817. The van der Waals surface area contributed by atoms with Gasteiger partial charge in [0, 0.05) is 49.6 Å². The third-order valence-corrected chi connectivity index (χ3v) is 5.48. The first-order valence-corrected chi connectivity index (χ1v) is 9.26. The Morgan fingerprint density at radius 3 is 2.89 bits per heavy atom. The molecule has 2 bridgehead atoms. The van der Waals surface area contributed by atoms with E-state index in [1.54, 1.807) is 0 Å². The van der Waals surface area contributed by atoms with E-state index in [4.69, 9.17) is 4.74 Å². The second kappa shape index (κ2) is 7.28. The molecule has 1 amide bonds. The van der Waals surface area contributed by atoms with Crippen LogP contribution < -0.4 is 0 Å². The molecule has 0 saturated carbocycles. The summed E-state index contributed by atoms with van der Waals surface area (Å²) in [5, 5.41) is 17.0. The smallest absolute Gasteiger partial charge is 0.255 e. The largest absolute Gasteiger partial charge is 0.506 e. The number of nitrogens with one attached hydrogen (secondary N) is 1. The van der Waals surface area contributed by atoms with Crippen molar-refractivity contribution in [1.82, 2.24) is 25.0 Å². The fourth-order valence-corrected chi connectivity index (χ4v) is 4.03. The Hall–Kier alpha value is -2.45. The highest BCUT2D eigenvalue weighted by Crippen LogP contribution is 2.24. The first-order chi connectivity index (χ1) is 13.0. The number of pyridine rings is 1. The van der Waals surface area contributed by atoms with Crippen LogP contribution in [0.25, 0.3) is 0 Å². The third kappa shape index (κ3) is 3.68. The number of amides is 1. The van der Waals surface area contributed by atoms with Gasteiger partial charge in [0.25, 0.3) is 5.91 Å². The van der Waals surface area contributed by atoms with Gasteiger partial charge in [-0.3, -0.25) is 19.8 Å². The molecule has 0 radical (unpaired) electrons. The van der Waals surface area contributed by atoms with Crippen molar-refractivity contribution < 1.29 is 14.6 Å². The summed E-state index contributed by atoms with van der Waals surface area (Å²) >= 11 is 0. The van der Waals surface area contributed by atoms with Crippen LogP contribution in [0.3, 0.4) is 0 Å². The lowest BCUT2D eigenvalue weighted by molar-refractivity contribution is 0.0405. The minimum Gasteiger partial charge on any atom is -0.506 e. The number of aromatic amines is 1. The van der Waals surface area contributed by atoms with Gasteiger partial charge in [0.05, 0.1) is 36.7 Å². The van der Waals surface area contributed by atoms with Crippen LogP contribution in [0.1, 0.15) is 27.3 Å². The molecule has 8 nitrogen and oxygen atoms in total. The number of rotatable bonds is 3.